The fourth-order valence-corrected chi connectivity index (χ4v) is 2.09. The maximum absolute atomic E-state index is 12.1. The van der Waals surface area contributed by atoms with Gasteiger partial charge in [0.25, 0.3) is 0 Å². The van der Waals surface area contributed by atoms with E-state index in [0.29, 0.717) is 0 Å². The van der Waals surface area contributed by atoms with Crippen LogP contribution in [0, 0.1) is 0 Å². The Balaban J connectivity index is 3.14. The predicted octanol–water partition coefficient (Wildman–Crippen LogP) is 2.86. The van der Waals surface area contributed by atoms with Crippen molar-refractivity contribution in [1.29, 1.82) is 0 Å². The first-order valence-electron chi connectivity index (χ1n) is 3.71. The van der Waals surface area contributed by atoms with Gasteiger partial charge in [-0.25, -0.2) is 0 Å². The van der Waals surface area contributed by atoms with Gasteiger partial charge in [0, 0.05) is 0 Å². The van der Waals surface area contributed by atoms with Crippen LogP contribution in [0.25, 0.3) is 0 Å². The van der Waals surface area contributed by atoms with Gasteiger partial charge in [-0.2, -0.15) is 0 Å². The Labute approximate surface area is 77.1 Å². The Bertz CT molecular complexity index is 345. The van der Waals surface area contributed by atoms with Gasteiger partial charge in [-0.05, 0) is 0 Å². The average molecular weight is 236 g/mol. The summed E-state index contributed by atoms with van der Waals surface area (Å²) in [5, 5.41) is 0. The van der Waals surface area contributed by atoms with E-state index < -0.39 is 19.5 Å². The summed E-state index contributed by atoms with van der Waals surface area (Å²) in [6, 6.07) is 0. The van der Waals surface area contributed by atoms with E-state index in [2.05, 4.69) is 0 Å². The molecule has 0 amide bonds. The molecule has 1 aromatic rings. The fraction of sp³-hybridized carbons (Fsp3) is 0.500. The van der Waals surface area contributed by atoms with Crippen molar-refractivity contribution in [2.75, 3.05) is 0 Å². The summed E-state index contributed by atoms with van der Waals surface area (Å²) in [4.78, 5) is 0. The van der Waals surface area contributed by atoms with Crippen LogP contribution in [0.3, 0.4) is 0 Å². The van der Waals surface area contributed by atoms with Crippen LogP contribution in [-0.4, -0.2) is 4.57 Å². The van der Waals surface area contributed by atoms with Gasteiger partial charge in [-0.15, -0.1) is 0 Å². The van der Waals surface area contributed by atoms with E-state index in [1.165, 1.54) is 26.5 Å². The molecule has 0 aliphatic carbocycles. The van der Waals surface area contributed by atoms with Crippen LogP contribution in [0.1, 0.15) is 5.82 Å². The van der Waals surface area contributed by atoms with Crippen molar-refractivity contribution in [1.82, 2.24) is 4.57 Å². The molecule has 0 atom stereocenters. The van der Waals surface area contributed by atoms with Crippen molar-refractivity contribution < 1.29 is 25.6 Å². The fourth-order valence-electron chi connectivity index (χ4n) is 1.11. The average Bonchev–Trinajstić information content (AvgIpc) is 2.12. The number of aryl methyl sites for hydroxylation is 2. The molecule has 0 spiro atoms. The van der Waals surface area contributed by atoms with E-state index in [-0.39, 0.29) is 0 Å². The van der Waals surface area contributed by atoms with Gasteiger partial charge in [0.05, 0.1) is 0 Å². The second kappa shape index (κ2) is 2.27. The molecule has 0 bridgehead atoms. The van der Waals surface area contributed by atoms with Crippen LogP contribution in [0.15, 0.2) is 12.4 Å². The summed E-state index contributed by atoms with van der Waals surface area (Å²) >= 11 is 0. The first kappa shape index (κ1) is 11.4. The van der Waals surface area contributed by atoms with Gasteiger partial charge >= 0.3 is 76.1 Å². The SMILES string of the molecule is Cn1cc[n+](C)c1C[P-](F)(F)(F)(F)F. The monoisotopic (exact) mass is 236 g/mol. The molecule has 1 heterocycles. The summed E-state index contributed by atoms with van der Waals surface area (Å²) in [7, 11) is -6.99. The molecular formula is C6H10F5N2P. The van der Waals surface area contributed by atoms with Crippen molar-refractivity contribution in [2.45, 2.75) is 6.16 Å². The molecular weight excluding hydrogens is 226 g/mol. The van der Waals surface area contributed by atoms with Crippen molar-refractivity contribution in [3.05, 3.63) is 18.2 Å². The van der Waals surface area contributed by atoms with Crippen LogP contribution >= 0.6 is 7.50 Å². The predicted molar refractivity (Wildman–Crippen MR) is 42.8 cm³/mol. The summed E-state index contributed by atoms with van der Waals surface area (Å²) < 4.78 is 62.7. The Kier molecular flexibility index (Phi) is 1.84. The van der Waals surface area contributed by atoms with E-state index in [0.717, 1.165) is 9.13 Å². The zero-order valence-electron chi connectivity index (χ0n) is 7.59. The number of hydrogen-bond acceptors (Lipinski definition) is 0. The molecule has 0 saturated carbocycles. The number of imidazole rings is 1. The van der Waals surface area contributed by atoms with E-state index >= 15 is 0 Å². The zero-order valence-corrected chi connectivity index (χ0v) is 8.49. The molecule has 0 aromatic carbocycles. The third kappa shape index (κ3) is 3.21. The zero-order chi connectivity index (χ0) is 11.3. The third-order valence-corrected chi connectivity index (χ3v) is 2.65. The van der Waals surface area contributed by atoms with Crippen molar-refractivity contribution in [3.63, 3.8) is 0 Å². The van der Waals surface area contributed by atoms with Gasteiger partial charge < -0.3 is 0 Å². The van der Waals surface area contributed by atoms with Crippen LogP contribution < -0.4 is 4.57 Å². The first-order chi connectivity index (χ1) is 5.88. The van der Waals surface area contributed by atoms with Gasteiger partial charge in [0.1, 0.15) is 0 Å². The molecule has 0 fully saturated rings. The molecule has 0 saturated heterocycles. The molecule has 0 aliphatic rings. The Hall–Kier alpha value is -0.710. The molecule has 1 rings (SSSR count). The maximum atomic E-state index is 12.1. The standard InChI is InChI=1S/C6H10F5N2P/c1-12-3-4-13(2)6(12)5-14(7,8,9,10)11/h3-4H,5H2,1-2H3. The van der Waals surface area contributed by atoms with Crippen LogP contribution in [0.5, 0.6) is 0 Å². The molecule has 2 nitrogen and oxygen atoms in total. The molecule has 0 radical (unpaired) electrons. The van der Waals surface area contributed by atoms with Crippen molar-refractivity contribution in [2.24, 2.45) is 14.1 Å². The van der Waals surface area contributed by atoms with E-state index in [9.17, 15) is 21.0 Å². The molecule has 1 aromatic heterocycles. The number of hydrogen-bond donors (Lipinski definition) is 0. The molecule has 0 aliphatic heterocycles. The first-order valence-corrected chi connectivity index (χ1v) is 6.03. The minimum absolute atomic E-state index is 0.460. The van der Waals surface area contributed by atoms with Gasteiger partial charge in [-0.3, -0.25) is 0 Å². The Morgan fingerprint density at radius 3 is 2.07 bits per heavy atom. The molecule has 8 heteroatoms. The second-order valence-corrected chi connectivity index (χ2v) is 6.12. The van der Waals surface area contributed by atoms with Crippen molar-refractivity contribution >= 4 is 7.50 Å². The molecule has 84 valence electrons. The third-order valence-electron chi connectivity index (χ3n) is 1.77. The van der Waals surface area contributed by atoms with Gasteiger partial charge in [-0.1, -0.05) is 0 Å². The number of rotatable bonds is 2. The van der Waals surface area contributed by atoms with Crippen LogP contribution in [-0.2, 0) is 20.3 Å². The minimum atomic E-state index is -9.57. The summed E-state index contributed by atoms with van der Waals surface area (Å²) in [5.74, 6) is -0.460. The Morgan fingerprint density at radius 2 is 1.79 bits per heavy atom. The number of aromatic nitrogens is 2. The second-order valence-electron chi connectivity index (χ2n) is 3.33. The van der Waals surface area contributed by atoms with Gasteiger partial charge in [0.15, 0.2) is 0 Å². The quantitative estimate of drug-likeness (QED) is 0.424. The summed E-state index contributed by atoms with van der Waals surface area (Å²) in [5.41, 5.74) is 0. The number of nitrogens with zero attached hydrogens (tertiary/aromatic N) is 2. The van der Waals surface area contributed by atoms with Crippen LogP contribution in [0.4, 0.5) is 21.0 Å². The molecule has 0 N–H and O–H groups in total. The van der Waals surface area contributed by atoms with E-state index in [1.807, 2.05) is 0 Å². The van der Waals surface area contributed by atoms with Crippen molar-refractivity contribution in [3.8, 4) is 0 Å². The molecule has 0 unspecified atom stereocenters. The Morgan fingerprint density at radius 1 is 1.29 bits per heavy atom. The number of halogens is 5. The van der Waals surface area contributed by atoms with E-state index in [4.69, 9.17) is 0 Å². The van der Waals surface area contributed by atoms with Crippen LogP contribution in [0.2, 0.25) is 0 Å². The molecule has 14 heavy (non-hydrogen) atoms. The normalized spacial score (nSPS) is 17.6. The topological polar surface area (TPSA) is 8.81 Å². The van der Waals surface area contributed by atoms with Gasteiger partial charge in [0.2, 0.25) is 0 Å². The summed E-state index contributed by atoms with van der Waals surface area (Å²) in [6.07, 6.45) is 0.439. The summed E-state index contributed by atoms with van der Waals surface area (Å²) in [6.45, 7) is 0. The van der Waals surface area contributed by atoms with E-state index in [1.54, 1.807) is 0 Å².